The number of hydrogen-bond acceptors (Lipinski definition) is 3. The second-order valence-corrected chi connectivity index (χ2v) is 14.8. The van der Waals surface area contributed by atoms with Crippen LogP contribution in [0.25, 0.3) is 38.8 Å². The van der Waals surface area contributed by atoms with Crippen molar-refractivity contribution in [1.82, 2.24) is 9.55 Å². The molecule has 5 heteroatoms. The van der Waals surface area contributed by atoms with E-state index in [4.69, 9.17) is 4.98 Å². The average Bonchev–Trinajstić information content (AvgIpc) is 3.65. The number of hydrogen-bond donors (Lipinski definition) is 0. The normalized spacial score (nSPS) is 13.0. The molecule has 0 spiro atoms. The molecule has 1 aliphatic rings. The third-order valence-electron chi connectivity index (χ3n) is 10.6. The van der Waals surface area contributed by atoms with Crippen LogP contribution in [0.1, 0.15) is 75.6 Å². The Balaban J connectivity index is 0.00000406. The number of anilines is 3. The second kappa shape index (κ2) is 13.5. The van der Waals surface area contributed by atoms with Gasteiger partial charge in [-0.15, -0.1) is 11.5 Å². The first-order valence-electron chi connectivity index (χ1n) is 17.8. The molecule has 1 aliphatic heterocycles. The van der Waals surface area contributed by atoms with Crippen molar-refractivity contribution in [2.75, 3.05) is 23.5 Å². The van der Waals surface area contributed by atoms with Gasteiger partial charge in [-0.2, -0.15) is 47.5 Å². The molecule has 0 N–H and O–H groups in total. The van der Waals surface area contributed by atoms with E-state index in [1.807, 2.05) is 6.20 Å². The molecule has 8 rings (SSSR count). The van der Waals surface area contributed by atoms with Gasteiger partial charge in [-0.3, -0.25) is 0 Å². The number of pyridine rings is 1. The Bertz CT molecular complexity index is 2360. The van der Waals surface area contributed by atoms with E-state index >= 15 is 0 Å². The summed E-state index contributed by atoms with van der Waals surface area (Å²) in [4.78, 5) is 9.65. The van der Waals surface area contributed by atoms with Crippen molar-refractivity contribution in [2.45, 2.75) is 58.8 Å². The van der Waals surface area contributed by atoms with E-state index in [-0.39, 0.29) is 26.5 Å². The fourth-order valence-corrected chi connectivity index (χ4v) is 7.79. The van der Waals surface area contributed by atoms with Crippen LogP contribution in [0.4, 0.5) is 17.1 Å². The van der Waals surface area contributed by atoms with Crippen LogP contribution in [0.3, 0.4) is 0 Å². The average molecular weight is 848 g/mol. The SMILES string of the molecule is CC(C)c1cccc(C(C)C)c1-c1ccnc(-n2c3[c-]c(C(C)(C)c4[c-]c(N5CN(C)c6ccccc65)ccc4)ccc3c3ccccc32)c1.[Pt+2]. The van der Waals surface area contributed by atoms with Crippen LogP contribution in [-0.2, 0) is 26.5 Å². The van der Waals surface area contributed by atoms with Crippen molar-refractivity contribution in [3.05, 3.63) is 150 Å². The summed E-state index contributed by atoms with van der Waals surface area (Å²) in [7, 11) is 2.15. The standard InChI is InChI=1S/C46H44N4.Pt/c1-30(2)36-17-13-18-37(31(3)4)45(36)32-24-25-47-44(26-32)50-40-19-9-8-16-38(40)39-23-22-34(28-43(39)50)46(5,6)33-14-12-15-35(27-33)49-29-48(7)41-20-10-11-21-42(41)49;/h8-26,30-31H,29H2,1-7H3;/q-2;+2. The summed E-state index contributed by atoms with van der Waals surface area (Å²) in [6.07, 6.45) is 1.97. The maximum atomic E-state index is 5.01. The fourth-order valence-electron chi connectivity index (χ4n) is 7.79. The molecule has 51 heavy (non-hydrogen) atoms. The minimum absolute atomic E-state index is 0. The number of para-hydroxylation sites is 3. The minimum Gasteiger partial charge on any atom is -0.355 e. The van der Waals surface area contributed by atoms with Gasteiger partial charge in [0.05, 0.1) is 18.0 Å². The first-order valence-corrected chi connectivity index (χ1v) is 17.8. The van der Waals surface area contributed by atoms with Gasteiger partial charge in [0.2, 0.25) is 0 Å². The summed E-state index contributed by atoms with van der Waals surface area (Å²) in [5.41, 5.74) is 12.9. The number of rotatable bonds is 7. The maximum Gasteiger partial charge on any atom is 2.00 e. The fraction of sp³-hybridized carbons (Fsp3) is 0.239. The van der Waals surface area contributed by atoms with Gasteiger partial charge in [0.1, 0.15) is 5.82 Å². The van der Waals surface area contributed by atoms with Crippen molar-refractivity contribution in [3.63, 3.8) is 0 Å². The van der Waals surface area contributed by atoms with Crippen LogP contribution in [0, 0.1) is 12.1 Å². The van der Waals surface area contributed by atoms with Gasteiger partial charge in [-0.1, -0.05) is 101 Å². The van der Waals surface area contributed by atoms with Crippen LogP contribution >= 0.6 is 0 Å². The number of aromatic nitrogens is 2. The predicted molar refractivity (Wildman–Crippen MR) is 210 cm³/mol. The van der Waals surface area contributed by atoms with Gasteiger partial charge in [0, 0.05) is 18.8 Å². The van der Waals surface area contributed by atoms with Crippen molar-refractivity contribution in [3.8, 4) is 16.9 Å². The molecule has 0 atom stereocenters. The molecule has 5 aromatic carbocycles. The molecule has 258 valence electrons. The minimum atomic E-state index is -0.353. The summed E-state index contributed by atoms with van der Waals surface area (Å²) in [6, 6.07) is 47.2. The maximum absolute atomic E-state index is 5.01. The summed E-state index contributed by atoms with van der Waals surface area (Å²) < 4.78 is 2.30. The van der Waals surface area contributed by atoms with Gasteiger partial charge in [-0.05, 0) is 75.2 Å². The van der Waals surface area contributed by atoms with Gasteiger partial charge in [-0.25, -0.2) is 4.98 Å². The van der Waals surface area contributed by atoms with Gasteiger partial charge >= 0.3 is 21.1 Å². The zero-order chi connectivity index (χ0) is 34.7. The Morgan fingerprint density at radius 1 is 0.686 bits per heavy atom. The van der Waals surface area contributed by atoms with E-state index < -0.39 is 0 Å². The Morgan fingerprint density at radius 2 is 1.35 bits per heavy atom. The van der Waals surface area contributed by atoms with E-state index in [0.717, 1.165) is 40.3 Å². The third kappa shape index (κ3) is 5.88. The molecule has 3 heterocycles. The van der Waals surface area contributed by atoms with Crippen LogP contribution in [0.15, 0.2) is 115 Å². The first-order chi connectivity index (χ1) is 24.1. The molecule has 0 saturated heterocycles. The van der Waals surface area contributed by atoms with Gasteiger partial charge in [0.25, 0.3) is 0 Å². The van der Waals surface area contributed by atoms with E-state index in [0.29, 0.717) is 11.8 Å². The van der Waals surface area contributed by atoms with E-state index in [1.54, 1.807) is 0 Å². The molecule has 0 radical (unpaired) electrons. The van der Waals surface area contributed by atoms with E-state index in [9.17, 15) is 0 Å². The first kappa shape index (κ1) is 34.8. The van der Waals surface area contributed by atoms with Crippen molar-refractivity contribution in [2.24, 2.45) is 0 Å². The van der Waals surface area contributed by atoms with Crippen LogP contribution in [0.5, 0.6) is 0 Å². The van der Waals surface area contributed by atoms with Gasteiger partial charge < -0.3 is 14.4 Å². The number of benzene rings is 5. The Morgan fingerprint density at radius 3 is 2.10 bits per heavy atom. The molecule has 2 aromatic heterocycles. The molecule has 0 aliphatic carbocycles. The Hall–Kier alpha value is -4.66. The third-order valence-corrected chi connectivity index (χ3v) is 10.6. The van der Waals surface area contributed by atoms with Crippen LogP contribution in [0.2, 0.25) is 0 Å². The molecule has 7 aromatic rings. The van der Waals surface area contributed by atoms with E-state index in [1.165, 1.54) is 44.4 Å². The molecule has 0 saturated carbocycles. The molecule has 0 amide bonds. The van der Waals surface area contributed by atoms with Crippen molar-refractivity contribution < 1.29 is 21.1 Å². The zero-order valence-corrected chi connectivity index (χ0v) is 32.7. The summed E-state index contributed by atoms with van der Waals surface area (Å²) >= 11 is 0. The van der Waals surface area contributed by atoms with Gasteiger partial charge in [0.15, 0.2) is 0 Å². The second-order valence-electron chi connectivity index (χ2n) is 14.8. The topological polar surface area (TPSA) is 24.3 Å². The molecule has 0 fully saturated rings. The Kier molecular flexibility index (Phi) is 9.19. The zero-order valence-electron chi connectivity index (χ0n) is 30.4. The van der Waals surface area contributed by atoms with Crippen molar-refractivity contribution >= 4 is 38.9 Å². The predicted octanol–water partition coefficient (Wildman–Crippen LogP) is 11.6. The Labute approximate surface area is 317 Å². The molecule has 0 unspecified atom stereocenters. The largest absolute Gasteiger partial charge is 2.00 e. The number of nitrogens with zero attached hydrogens (tertiary/aromatic N) is 4. The molecular formula is C46H44N4Pt. The van der Waals surface area contributed by atoms with Crippen LogP contribution < -0.4 is 9.80 Å². The smallest absolute Gasteiger partial charge is 0.355 e. The summed E-state index contributed by atoms with van der Waals surface area (Å²) in [5, 5.41) is 2.37. The van der Waals surface area contributed by atoms with E-state index in [2.05, 4.69) is 184 Å². The monoisotopic (exact) mass is 847 g/mol. The number of fused-ring (bicyclic) bond motifs is 4. The quantitative estimate of drug-likeness (QED) is 0.149. The molecule has 0 bridgehead atoms. The summed E-state index contributed by atoms with van der Waals surface area (Å²) in [5.74, 6) is 1.71. The van der Waals surface area contributed by atoms with Crippen molar-refractivity contribution in [1.29, 1.82) is 0 Å². The molecule has 4 nitrogen and oxygen atoms in total. The van der Waals surface area contributed by atoms with Crippen LogP contribution in [-0.4, -0.2) is 23.3 Å². The summed E-state index contributed by atoms with van der Waals surface area (Å²) in [6.45, 7) is 14.5. The molecular weight excluding hydrogens is 804 g/mol.